The van der Waals surface area contributed by atoms with Crippen LogP contribution in [0.25, 0.3) is 10.1 Å². The van der Waals surface area contributed by atoms with Gasteiger partial charge in [0, 0.05) is 22.2 Å². The maximum Gasteiger partial charge on any atom is 0.0922 e. The van der Waals surface area contributed by atoms with E-state index in [0.717, 1.165) is 5.56 Å². The molecule has 0 bridgehead atoms. The van der Waals surface area contributed by atoms with Crippen LogP contribution in [0, 0.1) is 0 Å². The van der Waals surface area contributed by atoms with Crippen molar-refractivity contribution in [2.24, 2.45) is 0 Å². The van der Waals surface area contributed by atoms with Gasteiger partial charge in [-0.25, -0.2) is 0 Å². The Morgan fingerprint density at radius 2 is 2.10 bits per heavy atom. The van der Waals surface area contributed by atoms with Crippen molar-refractivity contribution < 1.29 is 5.11 Å². The molecule has 0 radical (unpaired) electrons. The number of thiophene rings is 2. The topological polar surface area (TPSA) is 32.3 Å². The summed E-state index contributed by atoms with van der Waals surface area (Å²) in [6.45, 7) is 2.72. The highest BCUT2D eigenvalue weighted by molar-refractivity contribution is 7.19. The number of rotatable bonds is 5. The van der Waals surface area contributed by atoms with Gasteiger partial charge in [-0.1, -0.05) is 18.2 Å². The fourth-order valence-electron chi connectivity index (χ4n) is 2.19. The van der Waals surface area contributed by atoms with Crippen molar-refractivity contribution >= 4 is 32.8 Å². The molecular formula is C16H17NOS2. The molecule has 3 aromatic rings. The van der Waals surface area contributed by atoms with E-state index in [2.05, 4.69) is 42.6 Å². The van der Waals surface area contributed by atoms with E-state index in [9.17, 15) is 5.11 Å². The third kappa shape index (κ3) is 2.94. The summed E-state index contributed by atoms with van der Waals surface area (Å²) in [6, 6.07) is 12.9. The Bertz CT molecular complexity index is 642. The molecule has 2 nitrogen and oxygen atoms in total. The van der Waals surface area contributed by atoms with Crippen LogP contribution in [0.15, 0.2) is 47.2 Å². The zero-order valence-electron chi connectivity index (χ0n) is 11.2. The van der Waals surface area contributed by atoms with Gasteiger partial charge in [0.1, 0.15) is 0 Å². The van der Waals surface area contributed by atoms with E-state index >= 15 is 0 Å². The Kier molecular flexibility index (Phi) is 4.17. The lowest BCUT2D eigenvalue weighted by Crippen LogP contribution is -2.23. The minimum absolute atomic E-state index is 0.251. The Morgan fingerprint density at radius 3 is 2.85 bits per heavy atom. The zero-order chi connectivity index (χ0) is 13.9. The molecule has 104 valence electrons. The fourth-order valence-corrected chi connectivity index (χ4v) is 3.99. The van der Waals surface area contributed by atoms with Crippen LogP contribution < -0.4 is 5.32 Å². The summed E-state index contributed by atoms with van der Waals surface area (Å²) < 4.78 is 1.31. The lowest BCUT2D eigenvalue weighted by molar-refractivity contribution is 0.171. The molecule has 1 aromatic carbocycles. The summed E-state index contributed by atoms with van der Waals surface area (Å²) in [7, 11) is 0. The van der Waals surface area contributed by atoms with Gasteiger partial charge in [0.2, 0.25) is 0 Å². The summed E-state index contributed by atoms with van der Waals surface area (Å²) >= 11 is 3.43. The van der Waals surface area contributed by atoms with Crippen LogP contribution in [0.4, 0.5) is 0 Å². The molecule has 2 aromatic heterocycles. The van der Waals surface area contributed by atoms with Crippen LogP contribution in [-0.2, 0) is 0 Å². The van der Waals surface area contributed by atoms with E-state index in [4.69, 9.17) is 0 Å². The number of fused-ring (bicyclic) bond motifs is 1. The predicted octanol–water partition coefficient (Wildman–Crippen LogP) is 4.35. The van der Waals surface area contributed by atoms with Gasteiger partial charge in [-0.3, -0.25) is 0 Å². The molecule has 0 saturated carbocycles. The largest absolute Gasteiger partial charge is 0.387 e. The van der Waals surface area contributed by atoms with Gasteiger partial charge >= 0.3 is 0 Å². The van der Waals surface area contributed by atoms with Crippen molar-refractivity contribution in [2.75, 3.05) is 6.54 Å². The lowest BCUT2D eigenvalue weighted by Gasteiger charge is -2.15. The molecule has 2 unspecified atom stereocenters. The van der Waals surface area contributed by atoms with Crippen molar-refractivity contribution in [2.45, 2.75) is 19.1 Å². The van der Waals surface area contributed by atoms with E-state index in [1.54, 1.807) is 11.3 Å². The van der Waals surface area contributed by atoms with Crippen LogP contribution in [0.5, 0.6) is 0 Å². The first-order valence-electron chi connectivity index (χ1n) is 6.66. The normalized spacial score (nSPS) is 14.5. The van der Waals surface area contributed by atoms with Crippen molar-refractivity contribution in [3.63, 3.8) is 0 Å². The van der Waals surface area contributed by atoms with Crippen molar-refractivity contribution in [1.82, 2.24) is 5.32 Å². The summed E-state index contributed by atoms with van der Waals surface area (Å²) in [5.41, 5.74) is 0.992. The second kappa shape index (κ2) is 6.06. The van der Waals surface area contributed by atoms with Crippen LogP contribution >= 0.6 is 22.7 Å². The van der Waals surface area contributed by atoms with E-state index in [1.165, 1.54) is 15.0 Å². The summed E-state index contributed by atoms with van der Waals surface area (Å²) in [6.07, 6.45) is -0.432. The number of nitrogens with one attached hydrogen (secondary N) is 1. The molecule has 2 atom stereocenters. The SMILES string of the molecule is CC(NCC(O)c1ccsc1)c1cc2ccccc2s1. The average Bonchev–Trinajstić information content (AvgIpc) is 3.12. The molecule has 3 rings (SSSR count). The van der Waals surface area contributed by atoms with Crippen molar-refractivity contribution in [3.05, 3.63) is 57.6 Å². The Morgan fingerprint density at radius 1 is 1.25 bits per heavy atom. The number of aliphatic hydroxyl groups is 1. The maximum absolute atomic E-state index is 10.1. The quantitative estimate of drug-likeness (QED) is 0.734. The third-order valence-corrected chi connectivity index (χ3v) is 5.42. The van der Waals surface area contributed by atoms with Crippen LogP contribution in [0.2, 0.25) is 0 Å². The molecule has 0 fully saturated rings. The van der Waals surface area contributed by atoms with Gasteiger partial charge in [-0.15, -0.1) is 11.3 Å². The van der Waals surface area contributed by atoms with E-state index in [-0.39, 0.29) is 6.04 Å². The average molecular weight is 303 g/mol. The van der Waals surface area contributed by atoms with E-state index < -0.39 is 6.10 Å². The molecule has 0 saturated heterocycles. The molecule has 0 aliphatic carbocycles. The standard InChI is InChI=1S/C16H17NOS2/c1-11(17-9-14(18)13-6-7-19-10-13)16-8-12-4-2-3-5-15(12)20-16/h2-8,10-11,14,17-18H,9H2,1H3. The van der Waals surface area contributed by atoms with Crippen LogP contribution in [0.3, 0.4) is 0 Å². The second-order valence-corrected chi connectivity index (χ2v) is 6.78. The van der Waals surface area contributed by atoms with Gasteiger partial charge in [0.05, 0.1) is 6.10 Å². The van der Waals surface area contributed by atoms with Crippen molar-refractivity contribution in [3.8, 4) is 0 Å². The molecule has 0 aliphatic heterocycles. The fraction of sp³-hybridized carbons (Fsp3) is 0.250. The minimum atomic E-state index is -0.432. The summed E-state index contributed by atoms with van der Waals surface area (Å²) in [4.78, 5) is 1.31. The first-order chi connectivity index (χ1) is 9.74. The van der Waals surface area contributed by atoms with Gasteiger partial charge in [-0.2, -0.15) is 11.3 Å². The molecule has 2 heterocycles. The highest BCUT2D eigenvalue weighted by Crippen LogP contribution is 2.29. The molecule has 20 heavy (non-hydrogen) atoms. The highest BCUT2D eigenvalue weighted by Gasteiger charge is 2.12. The number of aliphatic hydroxyl groups excluding tert-OH is 1. The Labute approximate surface area is 126 Å². The molecular weight excluding hydrogens is 286 g/mol. The molecule has 0 amide bonds. The number of hydrogen-bond acceptors (Lipinski definition) is 4. The molecule has 0 spiro atoms. The second-order valence-electron chi connectivity index (χ2n) is 4.89. The van der Waals surface area contributed by atoms with E-state index in [0.29, 0.717) is 6.54 Å². The summed E-state index contributed by atoms with van der Waals surface area (Å²) in [5.74, 6) is 0. The third-order valence-electron chi connectivity index (χ3n) is 3.42. The van der Waals surface area contributed by atoms with Crippen LogP contribution in [0.1, 0.15) is 29.5 Å². The Balaban J connectivity index is 1.65. The van der Waals surface area contributed by atoms with Gasteiger partial charge in [-0.05, 0) is 46.8 Å². The van der Waals surface area contributed by atoms with E-state index in [1.807, 2.05) is 28.2 Å². The monoisotopic (exact) mass is 303 g/mol. The first kappa shape index (κ1) is 13.8. The van der Waals surface area contributed by atoms with Gasteiger partial charge in [0.15, 0.2) is 0 Å². The first-order valence-corrected chi connectivity index (χ1v) is 8.42. The smallest absolute Gasteiger partial charge is 0.0922 e. The van der Waals surface area contributed by atoms with Gasteiger partial charge < -0.3 is 10.4 Å². The van der Waals surface area contributed by atoms with Gasteiger partial charge in [0.25, 0.3) is 0 Å². The van der Waals surface area contributed by atoms with Crippen molar-refractivity contribution in [1.29, 1.82) is 0 Å². The molecule has 0 aliphatic rings. The number of hydrogen-bond donors (Lipinski definition) is 2. The Hall–Kier alpha value is -1.20. The highest BCUT2D eigenvalue weighted by atomic mass is 32.1. The molecule has 2 N–H and O–H groups in total. The minimum Gasteiger partial charge on any atom is -0.387 e. The summed E-state index contributed by atoms with van der Waals surface area (Å²) in [5, 5.41) is 18.8. The predicted molar refractivity (Wildman–Crippen MR) is 87.5 cm³/mol. The lowest BCUT2D eigenvalue weighted by atomic mass is 10.1. The number of benzene rings is 1. The zero-order valence-corrected chi connectivity index (χ0v) is 12.9. The molecule has 4 heteroatoms. The maximum atomic E-state index is 10.1. The van der Waals surface area contributed by atoms with Crippen LogP contribution in [-0.4, -0.2) is 11.7 Å².